The van der Waals surface area contributed by atoms with Gasteiger partial charge in [0, 0.05) is 12.5 Å². The maximum absolute atomic E-state index is 12.2. The second kappa shape index (κ2) is 9.20. The molecule has 156 valence electrons. The van der Waals surface area contributed by atoms with Gasteiger partial charge in [0.25, 0.3) is 0 Å². The lowest BCUT2D eigenvalue weighted by Crippen LogP contribution is -2.11. The molecule has 29 heavy (non-hydrogen) atoms. The molecule has 0 fully saturated rings. The molecule has 0 heterocycles. The van der Waals surface area contributed by atoms with E-state index in [0.717, 1.165) is 12.1 Å². The van der Waals surface area contributed by atoms with E-state index in [4.69, 9.17) is 30.5 Å². The molecule has 0 aliphatic rings. The van der Waals surface area contributed by atoms with Crippen LogP contribution in [0.2, 0.25) is 5.02 Å². The number of nitro groups is 1. The monoisotopic (exact) mass is 427 g/mol. The van der Waals surface area contributed by atoms with E-state index in [1.165, 1.54) is 27.4 Å². The second-order valence-corrected chi connectivity index (χ2v) is 6.01. The Morgan fingerprint density at radius 3 is 2.28 bits per heavy atom. The molecule has 0 saturated heterocycles. The van der Waals surface area contributed by atoms with Crippen molar-refractivity contribution in [2.75, 3.05) is 27.9 Å². The number of carbonyl (C=O) groups is 1. The molecule has 0 unspecified atom stereocenters. The highest BCUT2D eigenvalue weighted by molar-refractivity contribution is 6.32. The second-order valence-electron chi connectivity index (χ2n) is 5.61. The van der Waals surface area contributed by atoms with E-state index < -0.39 is 16.6 Å². The van der Waals surface area contributed by atoms with Crippen molar-refractivity contribution in [3.63, 3.8) is 0 Å². The number of nitrogens with zero attached hydrogens (tertiary/aromatic N) is 1. The highest BCUT2D eigenvalue weighted by atomic mass is 35.5. The molecule has 2 aromatic rings. The summed E-state index contributed by atoms with van der Waals surface area (Å²) in [5, 5.41) is 30.4. The van der Waals surface area contributed by atoms with Gasteiger partial charge in [-0.2, -0.15) is 0 Å². The van der Waals surface area contributed by atoms with Crippen LogP contribution in [0.4, 0.5) is 5.69 Å². The largest absolute Gasteiger partial charge is 0.507 e. The summed E-state index contributed by atoms with van der Waals surface area (Å²) >= 11 is 5.74. The van der Waals surface area contributed by atoms with E-state index in [1.54, 1.807) is 0 Å². The molecular formula is C18H18ClNO9. The molecule has 0 radical (unpaired) electrons. The Labute approximate surface area is 170 Å². The van der Waals surface area contributed by atoms with E-state index in [0.29, 0.717) is 0 Å². The van der Waals surface area contributed by atoms with Crippen molar-refractivity contribution in [1.29, 1.82) is 0 Å². The molecule has 0 spiro atoms. The minimum atomic E-state index is -0.903. The van der Waals surface area contributed by atoms with Gasteiger partial charge in [0.15, 0.2) is 11.5 Å². The van der Waals surface area contributed by atoms with E-state index in [-0.39, 0.29) is 57.9 Å². The number of benzene rings is 2. The van der Waals surface area contributed by atoms with Gasteiger partial charge in [-0.1, -0.05) is 11.6 Å². The molecule has 11 heteroatoms. The maximum Gasteiger partial charge on any atom is 0.341 e. The average molecular weight is 428 g/mol. The lowest BCUT2D eigenvalue weighted by atomic mass is 10.1. The zero-order chi connectivity index (χ0) is 21.7. The number of hydrogen-bond donors (Lipinski definition) is 2. The van der Waals surface area contributed by atoms with Crippen molar-refractivity contribution in [1.82, 2.24) is 0 Å². The zero-order valence-corrected chi connectivity index (χ0v) is 16.5. The zero-order valence-electron chi connectivity index (χ0n) is 15.7. The normalized spacial score (nSPS) is 10.3. The summed E-state index contributed by atoms with van der Waals surface area (Å²) in [4.78, 5) is 22.9. The van der Waals surface area contributed by atoms with E-state index in [2.05, 4.69) is 0 Å². The molecular weight excluding hydrogens is 410 g/mol. The number of methoxy groups -OCH3 is 3. The number of rotatable bonds is 8. The standard InChI is InChI=1S/C18H18ClNO9/c1-26-15-7-12(20(24)25)16(27-2)9(17(15)28-3)4-5-29-18(23)10-6-11(19)14(22)8-13(10)21/h6-8,21-22H,4-5H2,1-3H3. The number of hydrogen-bond acceptors (Lipinski definition) is 9. The van der Waals surface area contributed by atoms with Crippen LogP contribution in [0.15, 0.2) is 18.2 Å². The van der Waals surface area contributed by atoms with Crippen LogP contribution in [0.1, 0.15) is 15.9 Å². The summed E-state index contributed by atoms with van der Waals surface area (Å²) in [5.41, 5.74) is -0.320. The topological polar surface area (TPSA) is 138 Å². The van der Waals surface area contributed by atoms with Gasteiger partial charge >= 0.3 is 11.7 Å². The average Bonchev–Trinajstić information content (AvgIpc) is 2.69. The van der Waals surface area contributed by atoms with E-state index in [1.807, 2.05) is 0 Å². The fourth-order valence-electron chi connectivity index (χ4n) is 2.67. The molecule has 0 atom stereocenters. The number of halogens is 1. The summed E-state index contributed by atoms with van der Waals surface area (Å²) in [6, 6.07) is 3.15. The van der Waals surface area contributed by atoms with Crippen LogP contribution in [0.5, 0.6) is 28.7 Å². The van der Waals surface area contributed by atoms with Crippen LogP contribution in [0, 0.1) is 10.1 Å². The Hall–Kier alpha value is -3.40. The first kappa shape index (κ1) is 21.9. The first-order chi connectivity index (χ1) is 13.7. The number of aromatic hydroxyl groups is 2. The van der Waals surface area contributed by atoms with Gasteiger partial charge in [-0.15, -0.1) is 0 Å². The van der Waals surface area contributed by atoms with Crippen LogP contribution in [0.3, 0.4) is 0 Å². The number of phenolic OH excluding ortho intramolecular Hbond substituents is 2. The van der Waals surface area contributed by atoms with Crippen LogP contribution in [0.25, 0.3) is 0 Å². The summed E-state index contributed by atoms with van der Waals surface area (Å²) in [7, 11) is 3.95. The number of esters is 1. The minimum Gasteiger partial charge on any atom is -0.507 e. The van der Waals surface area contributed by atoms with Crippen molar-refractivity contribution in [2.24, 2.45) is 0 Å². The highest BCUT2D eigenvalue weighted by Crippen LogP contribution is 2.44. The highest BCUT2D eigenvalue weighted by Gasteiger charge is 2.27. The Morgan fingerprint density at radius 1 is 1.07 bits per heavy atom. The van der Waals surface area contributed by atoms with Crippen molar-refractivity contribution < 1.29 is 38.9 Å². The van der Waals surface area contributed by atoms with Gasteiger partial charge in [-0.3, -0.25) is 10.1 Å². The first-order valence-electron chi connectivity index (χ1n) is 8.09. The Morgan fingerprint density at radius 2 is 1.72 bits per heavy atom. The van der Waals surface area contributed by atoms with Crippen molar-refractivity contribution in [3.05, 3.63) is 44.5 Å². The first-order valence-corrected chi connectivity index (χ1v) is 8.47. The smallest absolute Gasteiger partial charge is 0.341 e. The predicted octanol–water partition coefficient (Wildman–Crippen LogP) is 3.08. The SMILES string of the molecule is COc1cc([N+](=O)[O-])c(OC)c(CCOC(=O)c2cc(Cl)c(O)cc2O)c1OC. The molecule has 2 N–H and O–H groups in total. The molecule has 2 rings (SSSR count). The fraction of sp³-hybridized carbons (Fsp3) is 0.278. The molecule has 0 saturated carbocycles. The van der Waals surface area contributed by atoms with Gasteiger partial charge in [-0.25, -0.2) is 4.79 Å². The minimum absolute atomic E-state index is 0.0112. The van der Waals surface area contributed by atoms with Gasteiger partial charge in [0.1, 0.15) is 17.1 Å². The number of carbonyl (C=O) groups excluding carboxylic acids is 1. The van der Waals surface area contributed by atoms with Gasteiger partial charge in [0.2, 0.25) is 5.75 Å². The lowest BCUT2D eigenvalue weighted by molar-refractivity contribution is -0.385. The van der Waals surface area contributed by atoms with E-state index in [9.17, 15) is 25.1 Å². The third-order valence-electron chi connectivity index (χ3n) is 3.97. The number of nitro benzene ring substituents is 1. The third kappa shape index (κ3) is 4.54. The fourth-order valence-corrected chi connectivity index (χ4v) is 2.83. The molecule has 10 nitrogen and oxygen atoms in total. The Balaban J connectivity index is 2.30. The maximum atomic E-state index is 12.2. The van der Waals surface area contributed by atoms with Crippen LogP contribution in [-0.4, -0.2) is 49.0 Å². The molecule has 0 bridgehead atoms. The summed E-state index contributed by atoms with van der Waals surface area (Å²) in [5.74, 6) is -1.55. The number of phenols is 2. The van der Waals surface area contributed by atoms with Gasteiger partial charge < -0.3 is 29.2 Å². The van der Waals surface area contributed by atoms with Crippen LogP contribution < -0.4 is 14.2 Å². The predicted molar refractivity (Wildman–Crippen MR) is 102 cm³/mol. The third-order valence-corrected chi connectivity index (χ3v) is 4.27. The molecule has 0 aliphatic heterocycles. The van der Waals surface area contributed by atoms with Gasteiger partial charge in [0.05, 0.1) is 49.5 Å². The molecule has 0 aromatic heterocycles. The Bertz CT molecular complexity index is 946. The summed E-state index contributed by atoms with van der Waals surface area (Å²) in [6.07, 6.45) is -0.0112. The molecule has 0 aliphatic carbocycles. The Kier molecular flexibility index (Phi) is 6.94. The van der Waals surface area contributed by atoms with Crippen molar-refractivity contribution in [2.45, 2.75) is 6.42 Å². The van der Waals surface area contributed by atoms with Crippen molar-refractivity contribution >= 4 is 23.3 Å². The van der Waals surface area contributed by atoms with Crippen LogP contribution >= 0.6 is 11.6 Å². The molecule has 0 amide bonds. The quantitative estimate of drug-likeness (QED) is 0.369. The summed E-state index contributed by atoms with van der Waals surface area (Å²) in [6.45, 7) is -0.228. The lowest BCUT2D eigenvalue weighted by Gasteiger charge is -2.16. The summed E-state index contributed by atoms with van der Waals surface area (Å²) < 4.78 is 20.7. The molecule has 2 aromatic carbocycles. The van der Waals surface area contributed by atoms with Crippen LogP contribution in [-0.2, 0) is 11.2 Å². The van der Waals surface area contributed by atoms with E-state index >= 15 is 0 Å². The van der Waals surface area contributed by atoms with Crippen molar-refractivity contribution in [3.8, 4) is 28.7 Å². The number of ether oxygens (including phenoxy) is 4. The van der Waals surface area contributed by atoms with Gasteiger partial charge in [-0.05, 0) is 6.07 Å².